The van der Waals surface area contributed by atoms with Crippen molar-refractivity contribution in [1.29, 1.82) is 0 Å². The van der Waals surface area contributed by atoms with Crippen LogP contribution in [0.4, 0.5) is 11.4 Å². The van der Waals surface area contributed by atoms with E-state index in [1.807, 2.05) is 31.1 Å². The van der Waals surface area contributed by atoms with Gasteiger partial charge in [0, 0.05) is 25.7 Å². The SMILES string of the molecule is CC1CNCC1C(=O)Nc1cc(Cl)ccc1N(C)C. The molecule has 1 aliphatic rings. The molecule has 1 fully saturated rings. The molecule has 1 aromatic rings. The molecule has 0 aliphatic carbocycles. The minimum atomic E-state index is 0.0222. The van der Waals surface area contributed by atoms with Crippen LogP contribution in [-0.4, -0.2) is 33.1 Å². The summed E-state index contributed by atoms with van der Waals surface area (Å²) in [5.74, 6) is 0.443. The summed E-state index contributed by atoms with van der Waals surface area (Å²) in [6, 6.07) is 5.53. The van der Waals surface area contributed by atoms with Crippen molar-refractivity contribution in [3.63, 3.8) is 0 Å². The average molecular weight is 282 g/mol. The van der Waals surface area contributed by atoms with Crippen molar-refractivity contribution in [2.45, 2.75) is 6.92 Å². The van der Waals surface area contributed by atoms with Crippen LogP contribution in [0.5, 0.6) is 0 Å². The van der Waals surface area contributed by atoms with Gasteiger partial charge in [-0.2, -0.15) is 0 Å². The van der Waals surface area contributed by atoms with E-state index < -0.39 is 0 Å². The maximum Gasteiger partial charge on any atom is 0.229 e. The lowest BCUT2D eigenvalue weighted by molar-refractivity contribution is -0.120. The molecule has 2 rings (SSSR count). The third-order valence-corrected chi connectivity index (χ3v) is 3.79. The molecule has 19 heavy (non-hydrogen) atoms. The number of hydrogen-bond donors (Lipinski definition) is 2. The molecular formula is C14H20ClN3O. The summed E-state index contributed by atoms with van der Waals surface area (Å²) in [6.45, 7) is 3.73. The van der Waals surface area contributed by atoms with Crippen LogP contribution in [-0.2, 0) is 4.79 Å². The van der Waals surface area contributed by atoms with Gasteiger partial charge in [0.15, 0.2) is 0 Å². The van der Waals surface area contributed by atoms with E-state index in [0.29, 0.717) is 10.9 Å². The van der Waals surface area contributed by atoms with Crippen LogP contribution in [0.15, 0.2) is 18.2 Å². The van der Waals surface area contributed by atoms with E-state index in [9.17, 15) is 4.79 Å². The van der Waals surface area contributed by atoms with E-state index >= 15 is 0 Å². The topological polar surface area (TPSA) is 44.4 Å². The molecule has 1 aliphatic heterocycles. The Morgan fingerprint density at radius 1 is 1.42 bits per heavy atom. The minimum Gasteiger partial charge on any atom is -0.376 e. The van der Waals surface area contributed by atoms with Crippen molar-refractivity contribution in [3.05, 3.63) is 23.2 Å². The van der Waals surface area contributed by atoms with Crippen molar-refractivity contribution in [1.82, 2.24) is 5.32 Å². The summed E-state index contributed by atoms with van der Waals surface area (Å²) in [5.41, 5.74) is 1.72. The van der Waals surface area contributed by atoms with Gasteiger partial charge in [-0.25, -0.2) is 0 Å². The Balaban J connectivity index is 2.18. The van der Waals surface area contributed by atoms with Gasteiger partial charge >= 0.3 is 0 Å². The Labute approximate surface area is 119 Å². The summed E-state index contributed by atoms with van der Waals surface area (Å²) >= 11 is 6.01. The normalized spacial score (nSPS) is 22.3. The fourth-order valence-electron chi connectivity index (χ4n) is 2.38. The number of amides is 1. The Hall–Kier alpha value is -1.26. The molecule has 2 atom stereocenters. The first-order valence-electron chi connectivity index (χ1n) is 6.47. The lowest BCUT2D eigenvalue weighted by atomic mass is 9.97. The predicted octanol–water partition coefficient (Wildman–Crippen LogP) is 2.20. The molecule has 5 heteroatoms. The standard InChI is InChI=1S/C14H20ClN3O/c1-9-7-16-8-11(9)14(19)17-12-6-10(15)4-5-13(12)18(2)3/h4-6,9,11,16H,7-8H2,1-3H3,(H,17,19). The van der Waals surface area contributed by atoms with Crippen LogP contribution in [0.2, 0.25) is 5.02 Å². The smallest absolute Gasteiger partial charge is 0.229 e. The van der Waals surface area contributed by atoms with Crippen molar-refractivity contribution in [2.24, 2.45) is 11.8 Å². The first-order valence-corrected chi connectivity index (χ1v) is 6.85. The molecule has 0 saturated carbocycles. The Kier molecular flexibility index (Phi) is 4.32. The second kappa shape index (κ2) is 5.80. The highest BCUT2D eigenvalue weighted by Gasteiger charge is 2.29. The van der Waals surface area contributed by atoms with Crippen molar-refractivity contribution >= 4 is 28.9 Å². The van der Waals surface area contributed by atoms with Crippen molar-refractivity contribution in [2.75, 3.05) is 37.4 Å². The molecule has 0 spiro atoms. The lowest BCUT2D eigenvalue weighted by Gasteiger charge is -2.20. The minimum absolute atomic E-state index is 0.0222. The molecule has 4 nitrogen and oxygen atoms in total. The van der Waals surface area contributed by atoms with Crippen LogP contribution in [0.3, 0.4) is 0 Å². The number of rotatable bonds is 3. The monoisotopic (exact) mass is 281 g/mol. The molecule has 2 N–H and O–H groups in total. The summed E-state index contributed by atoms with van der Waals surface area (Å²) in [6.07, 6.45) is 0. The highest BCUT2D eigenvalue weighted by molar-refractivity contribution is 6.31. The van der Waals surface area contributed by atoms with Crippen LogP contribution in [0.25, 0.3) is 0 Å². The highest BCUT2D eigenvalue weighted by atomic mass is 35.5. The number of anilines is 2. The van der Waals surface area contributed by atoms with Gasteiger partial charge in [0.1, 0.15) is 0 Å². The first kappa shape index (κ1) is 14.2. The van der Waals surface area contributed by atoms with Gasteiger partial charge in [-0.15, -0.1) is 0 Å². The zero-order valence-corrected chi connectivity index (χ0v) is 12.3. The fourth-order valence-corrected chi connectivity index (χ4v) is 2.56. The molecule has 1 aromatic carbocycles. The van der Waals surface area contributed by atoms with Gasteiger partial charge in [0.05, 0.1) is 17.3 Å². The van der Waals surface area contributed by atoms with Crippen LogP contribution >= 0.6 is 11.6 Å². The number of carbonyl (C=O) groups excluding carboxylic acids is 1. The number of halogens is 1. The number of benzene rings is 1. The molecule has 1 saturated heterocycles. The van der Waals surface area contributed by atoms with E-state index in [1.165, 1.54) is 0 Å². The zero-order valence-electron chi connectivity index (χ0n) is 11.5. The highest BCUT2D eigenvalue weighted by Crippen LogP contribution is 2.29. The predicted molar refractivity (Wildman–Crippen MR) is 79.9 cm³/mol. The molecule has 0 radical (unpaired) electrons. The summed E-state index contributed by atoms with van der Waals surface area (Å²) in [7, 11) is 3.89. The van der Waals surface area contributed by atoms with Gasteiger partial charge in [0.2, 0.25) is 5.91 Å². The number of carbonyl (C=O) groups is 1. The first-order chi connectivity index (χ1) is 8.99. The van der Waals surface area contributed by atoms with Crippen LogP contribution in [0, 0.1) is 11.8 Å². The summed E-state index contributed by atoms with van der Waals surface area (Å²) < 4.78 is 0. The number of nitrogens with one attached hydrogen (secondary N) is 2. The van der Waals surface area contributed by atoms with Crippen molar-refractivity contribution in [3.8, 4) is 0 Å². The van der Waals surface area contributed by atoms with Crippen LogP contribution in [0.1, 0.15) is 6.92 Å². The lowest BCUT2D eigenvalue weighted by Crippen LogP contribution is -2.28. The van der Waals surface area contributed by atoms with E-state index in [1.54, 1.807) is 6.07 Å². The molecule has 0 bridgehead atoms. The second-order valence-electron chi connectivity index (χ2n) is 5.29. The largest absolute Gasteiger partial charge is 0.376 e. The van der Waals surface area contributed by atoms with Gasteiger partial charge in [-0.1, -0.05) is 18.5 Å². The van der Waals surface area contributed by atoms with E-state index in [-0.39, 0.29) is 11.8 Å². The maximum absolute atomic E-state index is 12.3. The average Bonchev–Trinajstić information content (AvgIpc) is 2.75. The molecule has 1 heterocycles. The van der Waals surface area contributed by atoms with Gasteiger partial charge < -0.3 is 15.5 Å². The summed E-state index contributed by atoms with van der Waals surface area (Å²) in [5, 5.41) is 6.86. The van der Waals surface area contributed by atoms with E-state index in [4.69, 9.17) is 11.6 Å². The van der Waals surface area contributed by atoms with Gasteiger partial charge in [-0.3, -0.25) is 4.79 Å². The van der Waals surface area contributed by atoms with Crippen molar-refractivity contribution < 1.29 is 4.79 Å². The maximum atomic E-state index is 12.3. The molecule has 1 amide bonds. The Morgan fingerprint density at radius 2 is 2.16 bits per heavy atom. The van der Waals surface area contributed by atoms with Gasteiger partial charge in [0.25, 0.3) is 0 Å². The van der Waals surface area contributed by atoms with E-state index in [2.05, 4.69) is 17.6 Å². The quantitative estimate of drug-likeness (QED) is 0.893. The summed E-state index contributed by atoms with van der Waals surface area (Å²) in [4.78, 5) is 14.3. The Morgan fingerprint density at radius 3 is 2.74 bits per heavy atom. The molecular weight excluding hydrogens is 262 g/mol. The Bertz CT molecular complexity index is 476. The molecule has 0 aromatic heterocycles. The zero-order chi connectivity index (χ0) is 14.0. The number of hydrogen-bond acceptors (Lipinski definition) is 3. The van der Waals surface area contributed by atoms with E-state index in [0.717, 1.165) is 24.5 Å². The second-order valence-corrected chi connectivity index (χ2v) is 5.72. The molecule has 2 unspecified atom stereocenters. The third kappa shape index (κ3) is 3.19. The number of nitrogens with zero attached hydrogens (tertiary/aromatic N) is 1. The fraction of sp³-hybridized carbons (Fsp3) is 0.500. The van der Waals surface area contributed by atoms with Crippen LogP contribution < -0.4 is 15.5 Å². The van der Waals surface area contributed by atoms with Gasteiger partial charge in [-0.05, 0) is 30.7 Å². The molecule has 104 valence electrons. The third-order valence-electron chi connectivity index (χ3n) is 3.55.